The molecule has 3 heteroatoms. The van der Waals surface area contributed by atoms with Gasteiger partial charge in [-0.3, -0.25) is 4.79 Å². The Labute approximate surface area is 107 Å². The van der Waals surface area contributed by atoms with Crippen LogP contribution in [0, 0.1) is 5.92 Å². The molecule has 0 radical (unpaired) electrons. The summed E-state index contributed by atoms with van der Waals surface area (Å²) in [6.45, 7) is 1.89. The van der Waals surface area contributed by atoms with Gasteiger partial charge in [0.15, 0.2) is 0 Å². The van der Waals surface area contributed by atoms with E-state index in [1.54, 1.807) is 7.11 Å². The van der Waals surface area contributed by atoms with Gasteiger partial charge in [0.05, 0.1) is 20.1 Å². The Hall–Kier alpha value is -1.77. The molecule has 1 aromatic carbocycles. The summed E-state index contributed by atoms with van der Waals surface area (Å²) >= 11 is 0. The lowest BCUT2D eigenvalue weighted by atomic mass is 9.86. The first-order valence-corrected chi connectivity index (χ1v) is 6.11. The number of methoxy groups -OCH3 is 2. The molecule has 0 heterocycles. The first-order chi connectivity index (χ1) is 8.65. The highest BCUT2D eigenvalue weighted by Crippen LogP contribution is 2.30. The number of hydrogen-bond acceptors (Lipinski definition) is 3. The standard InChI is InChI=1S/C15H18O3/c1-10(15(16)18-3)12-5-4-11-6-7-14(17-2)9-13(11)8-12/h6-10H,4-5H2,1-3H3. The van der Waals surface area contributed by atoms with Crippen molar-refractivity contribution in [1.29, 1.82) is 0 Å². The molecule has 1 atom stereocenters. The van der Waals surface area contributed by atoms with E-state index in [1.165, 1.54) is 12.7 Å². The van der Waals surface area contributed by atoms with Crippen molar-refractivity contribution in [2.75, 3.05) is 14.2 Å². The van der Waals surface area contributed by atoms with Crippen LogP contribution in [0.4, 0.5) is 0 Å². The van der Waals surface area contributed by atoms with E-state index in [4.69, 9.17) is 9.47 Å². The van der Waals surface area contributed by atoms with Gasteiger partial charge < -0.3 is 9.47 Å². The Morgan fingerprint density at radius 3 is 2.72 bits per heavy atom. The number of benzene rings is 1. The Morgan fingerprint density at radius 1 is 1.28 bits per heavy atom. The summed E-state index contributed by atoms with van der Waals surface area (Å²) < 4.78 is 10.0. The molecule has 18 heavy (non-hydrogen) atoms. The van der Waals surface area contributed by atoms with Crippen LogP contribution < -0.4 is 4.74 Å². The van der Waals surface area contributed by atoms with Crippen molar-refractivity contribution in [3.8, 4) is 5.75 Å². The zero-order chi connectivity index (χ0) is 13.1. The van der Waals surface area contributed by atoms with E-state index < -0.39 is 0 Å². The Kier molecular flexibility index (Phi) is 3.70. The third kappa shape index (κ3) is 2.40. The summed E-state index contributed by atoms with van der Waals surface area (Å²) in [6.07, 6.45) is 3.96. The summed E-state index contributed by atoms with van der Waals surface area (Å²) in [5.41, 5.74) is 3.57. The molecule has 1 aliphatic rings. The molecule has 1 unspecified atom stereocenters. The van der Waals surface area contributed by atoms with Crippen molar-refractivity contribution in [1.82, 2.24) is 0 Å². The molecule has 0 fully saturated rings. The normalized spacial score (nSPS) is 15.4. The lowest BCUT2D eigenvalue weighted by Gasteiger charge is -2.20. The number of hydrogen-bond donors (Lipinski definition) is 0. The van der Waals surface area contributed by atoms with Crippen LogP contribution in [0.2, 0.25) is 0 Å². The van der Waals surface area contributed by atoms with E-state index in [-0.39, 0.29) is 11.9 Å². The molecular weight excluding hydrogens is 228 g/mol. The zero-order valence-corrected chi connectivity index (χ0v) is 11.0. The van der Waals surface area contributed by atoms with E-state index >= 15 is 0 Å². The molecular formula is C15H18O3. The minimum absolute atomic E-state index is 0.172. The summed E-state index contributed by atoms with van der Waals surface area (Å²) in [4.78, 5) is 11.6. The summed E-state index contributed by atoms with van der Waals surface area (Å²) in [5, 5.41) is 0. The van der Waals surface area contributed by atoms with Gasteiger partial charge in [-0.25, -0.2) is 0 Å². The largest absolute Gasteiger partial charge is 0.497 e. The van der Waals surface area contributed by atoms with Crippen LogP contribution in [0.1, 0.15) is 24.5 Å². The molecule has 0 bridgehead atoms. The van der Waals surface area contributed by atoms with Crippen LogP contribution in [0.15, 0.2) is 23.8 Å². The molecule has 0 amide bonds. The summed E-state index contributed by atoms with van der Waals surface area (Å²) in [6, 6.07) is 6.07. The van der Waals surface area contributed by atoms with Gasteiger partial charge in [-0.2, -0.15) is 0 Å². The van der Waals surface area contributed by atoms with Crippen molar-refractivity contribution < 1.29 is 14.3 Å². The molecule has 0 N–H and O–H groups in total. The zero-order valence-electron chi connectivity index (χ0n) is 11.0. The number of aryl methyl sites for hydroxylation is 1. The highest BCUT2D eigenvalue weighted by atomic mass is 16.5. The van der Waals surface area contributed by atoms with Crippen molar-refractivity contribution >= 4 is 12.0 Å². The molecule has 2 rings (SSSR count). The Bertz CT molecular complexity index is 489. The highest BCUT2D eigenvalue weighted by molar-refractivity contribution is 5.78. The molecule has 0 aliphatic heterocycles. The SMILES string of the molecule is COC(=O)C(C)C1=Cc2cc(OC)ccc2CC1. The highest BCUT2D eigenvalue weighted by Gasteiger charge is 2.21. The monoisotopic (exact) mass is 246 g/mol. The second kappa shape index (κ2) is 5.25. The van der Waals surface area contributed by atoms with Crippen LogP contribution in [0.5, 0.6) is 5.75 Å². The van der Waals surface area contributed by atoms with Crippen LogP contribution in [-0.4, -0.2) is 20.2 Å². The fourth-order valence-corrected chi connectivity index (χ4v) is 2.28. The van der Waals surface area contributed by atoms with E-state index in [0.717, 1.165) is 29.7 Å². The number of ether oxygens (including phenoxy) is 2. The second-order valence-electron chi connectivity index (χ2n) is 4.53. The van der Waals surface area contributed by atoms with E-state index in [1.807, 2.05) is 19.1 Å². The lowest BCUT2D eigenvalue weighted by Crippen LogP contribution is -2.17. The molecule has 0 aromatic heterocycles. The third-order valence-corrected chi connectivity index (χ3v) is 3.49. The van der Waals surface area contributed by atoms with Gasteiger partial charge in [0, 0.05) is 0 Å². The predicted octanol–water partition coefficient (Wildman–Crippen LogP) is 2.83. The average Bonchev–Trinajstić information content (AvgIpc) is 2.44. The number of fused-ring (bicyclic) bond motifs is 1. The lowest BCUT2D eigenvalue weighted by molar-refractivity contribution is -0.143. The van der Waals surface area contributed by atoms with Gasteiger partial charge in [0.2, 0.25) is 0 Å². The second-order valence-corrected chi connectivity index (χ2v) is 4.53. The quantitative estimate of drug-likeness (QED) is 0.769. The number of rotatable bonds is 3. The van der Waals surface area contributed by atoms with Gasteiger partial charge >= 0.3 is 5.97 Å². The Balaban J connectivity index is 2.31. The average molecular weight is 246 g/mol. The maximum absolute atomic E-state index is 11.6. The van der Waals surface area contributed by atoms with Crippen LogP contribution in [-0.2, 0) is 16.0 Å². The molecule has 96 valence electrons. The fourth-order valence-electron chi connectivity index (χ4n) is 2.28. The van der Waals surface area contributed by atoms with Gasteiger partial charge in [-0.15, -0.1) is 0 Å². The molecule has 1 aliphatic carbocycles. The number of carbonyl (C=O) groups is 1. The maximum Gasteiger partial charge on any atom is 0.312 e. The van der Waals surface area contributed by atoms with E-state index in [0.29, 0.717) is 0 Å². The number of esters is 1. The van der Waals surface area contributed by atoms with Gasteiger partial charge in [0.1, 0.15) is 5.75 Å². The topological polar surface area (TPSA) is 35.5 Å². The fraction of sp³-hybridized carbons (Fsp3) is 0.400. The van der Waals surface area contributed by atoms with E-state index in [2.05, 4.69) is 12.1 Å². The van der Waals surface area contributed by atoms with Gasteiger partial charge in [-0.05, 0) is 43.0 Å². The van der Waals surface area contributed by atoms with E-state index in [9.17, 15) is 4.79 Å². The van der Waals surface area contributed by atoms with Gasteiger partial charge in [-0.1, -0.05) is 17.7 Å². The van der Waals surface area contributed by atoms with Crippen LogP contribution in [0.25, 0.3) is 6.08 Å². The smallest absolute Gasteiger partial charge is 0.312 e. The third-order valence-electron chi connectivity index (χ3n) is 3.49. The van der Waals surface area contributed by atoms with Crippen LogP contribution in [0.3, 0.4) is 0 Å². The predicted molar refractivity (Wildman–Crippen MR) is 70.5 cm³/mol. The summed E-state index contributed by atoms with van der Waals surface area (Å²) in [5.74, 6) is 0.499. The molecule has 0 spiro atoms. The minimum Gasteiger partial charge on any atom is -0.497 e. The van der Waals surface area contributed by atoms with Crippen molar-refractivity contribution in [2.24, 2.45) is 5.92 Å². The first-order valence-electron chi connectivity index (χ1n) is 6.11. The number of carbonyl (C=O) groups excluding carboxylic acids is 1. The maximum atomic E-state index is 11.6. The van der Waals surface area contributed by atoms with Crippen LogP contribution >= 0.6 is 0 Å². The Morgan fingerprint density at radius 2 is 2.06 bits per heavy atom. The molecule has 3 nitrogen and oxygen atoms in total. The first kappa shape index (κ1) is 12.7. The minimum atomic E-state index is -0.174. The van der Waals surface area contributed by atoms with Crippen molar-refractivity contribution in [3.63, 3.8) is 0 Å². The molecule has 0 saturated heterocycles. The van der Waals surface area contributed by atoms with Gasteiger partial charge in [0.25, 0.3) is 0 Å². The molecule has 1 aromatic rings. The van der Waals surface area contributed by atoms with Crippen molar-refractivity contribution in [3.05, 3.63) is 34.9 Å². The summed E-state index contributed by atoms with van der Waals surface area (Å²) in [7, 11) is 3.09. The molecule has 0 saturated carbocycles. The van der Waals surface area contributed by atoms with Crippen molar-refractivity contribution in [2.45, 2.75) is 19.8 Å².